The largest absolute Gasteiger partial charge is 0.468 e. The van der Waals surface area contributed by atoms with Crippen LogP contribution in [0.25, 0.3) is 0 Å². The highest BCUT2D eigenvalue weighted by Crippen LogP contribution is 2.33. The number of methoxy groups -OCH3 is 1. The molecule has 2 N–H and O–H groups in total. The van der Waals surface area contributed by atoms with Gasteiger partial charge in [0.1, 0.15) is 6.04 Å². The van der Waals surface area contributed by atoms with Crippen molar-refractivity contribution >= 4 is 5.97 Å². The summed E-state index contributed by atoms with van der Waals surface area (Å²) in [6.45, 7) is 9.48. The number of rotatable bonds is 3. The summed E-state index contributed by atoms with van der Waals surface area (Å²) in [7, 11) is 1.38. The van der Waals surface area contributed by atoms with Crippen LogP contribution >= 0.6 is 0 Å². The van der Waals surface area contributed by atoms with Crippen LogP contribution < -0.4 is 5.73 Å². The zero-order valence-corrected chi connectivity index (χ0v) is 10.8. The van der Waals surface area contributed by atoms with Crippen molar-refractivity contribution in [2.24, 2.45) is 17.1 Å². The number of esters is 1. The van der Waals surface area contributed by atoms with Crippen molar-refractivity contribution in [3.63, 3.8) is 0 Å². The first-order valence-corrected chi connectivity index (χ1v) is 5.90. The fourth-order valence-electron chi connectivity index (χ4n) is 2.21. The monoisotopic (exact) mass is 228 g/mol. The maximum atomic E-state index is 11.2. The molecule has 0 radical (unpaired) electrons. The van der Waals surface area contributed by atoms with Gasteiger partial charge in [-0.25, -0.2) is 0 Å². The van der Waals surface area contributed by atoms with Gasteiger partial charge in [-0.05, 0) is 24.3 Å². The molecule has 0 aliphatic carbocycles. The Kier molecular flexibility index (Phi) is 4.33. The standard InChI is InChI=1S/C12H24N2O2/c1-12(2,3)9-5-6-14(7-9)8-10(13)11(15)16-4/h9-10H,5-8,13H2,1-4H3. The van der Waals surface area contributed by atoms with Gasteiger partial charge in [0.2, 0.25) is 0 Å². The Morgan fingerprint density at radius 1 is 1.56 bits per heavy atom. The van der Waals surface area contributed by atoms with Gasteiger partial charge in [-0.1, -0.05) is 20.8 Å². The van der Waals surface area contributed by atoms with Crippen LogP contribution in [-0.4, -0.2) is 43.7 Å². The smallest absolute Gasteiger partial charge is 0.323 e. The molecule has 1 heterocycles. The third-order valence-corrected chi connectivity index (χ3v) is 3.46. The second-order valence-electron chi connectivity index (χ2n) is 5.74. The normalized spacial score (nSPS) is 24.4. The molecule has 1 aliphatic heterocycles. The molecular weight excluding hydrogens is 204 g/mol. The molecule has 0 amide bonds. The molecule has 4 nitrogen and oxygen atoms in total. The molecule has 16 heavy (non-hydrogen) atoms. The average Bonchev–Trinajstić information content (AvgIpc) is 2.64. The Bertz CT molecular complexity index is 248. The molecule has 0 aromatic heterocycles. The third kappa shape index (κ3) is 3.46. The minimum Gasteiger partial charge on any atom is -0.468 e. The van der Waals surface area contributed by atoms with Gasteiger partial charge in [-0.2, -0.15) is 0 Å². The number of hydrogen-bond acceptors (Lipinski definition) is 4. The number of nitrogens with zero attached hydrogens (tertiary/aromatic N) is 1. The minimum absolute atomic E-state index is 0.320. The summed E-state index contributed by atoms with van der Waals surface area (Å²) in [5.41, 5.74) is 6.08. The number of carbonyl (C=O) groups is 1. The molecular formula is C12H24N2O2. The Labute approximate surface area is 98.1 Å². The van der Waals surface area contributed by atoms with Crippen LogP contribution in [0.4, 0.5) is 0 Å². The van der Waals surface area contributed by atoms with Crippen LogP contribution in [-0.2, 0) is 9.53 Å². The van der Waals surface area contributed by atoms with Crippen molar-refractivity contribution < 1.29 is 9.53 Å². The number of ether oxygens (including phenoxy) is 1. The number of hydrogen-bond donors (Lipinski definition) is 1. The van der Waals surface area contributed by atoms with Crippen molar-refractivity contribution in [3.05, 3.63) is 0 Å². The van der Waals surface area contributed by atoms with Gasteiger partial charge < -0.3 is 15.4 Å². The molecule has 1 rings (SSSR count). The number of likely N-dealkylation sites (tertiary alicyclic amines) is 1. The summed E-state index contributed by atoms with van der Waals surface area (Å²) in [6.07, 6.45) is 1.19. The fraction of sp³-hybridized carbons (Fsp3) is 0.917. The molecule has 1 saturated heterocycles. The first-order valence-electron chi connectivity index (χ1n) is 5.90. The second-order valence-corrected chi connectivity index (χ2v) is 5.74. The van der Waals surface area contributed by atoms with Crippen molar-refractivity contribution in [1.82, 2.24) is 4.90 Å². The lowest BCUT2D eigenvalue weighted by molar-refractivity contribution is -0.142. The molecule has 0 aromatic rings. The van der Waals surface area contributed by atoms with Crippen LogP contribution in [0, 0.1) is 11.3 Å². The Morgan fingerprint density at radius 3 is 2.62 bits per heavy atom. The van der Waals surface area contributed by atoms with E-state index < -0.39 is 6.04 Å². The van der Waals surface area contributed by atoms with Crippen molar-refractivity contribution in [1.29, 1.82) is 0 Å². The molecule has 0 bridgehead atoms. The highest BCUT2D eigenvalue weighted by molar-refractivity contribution is 5.75. The highest BCUT2D eigenvalue weighted by Gasteiger charge is 2.32. The Hall–Kier alpha value is -0.610. The molecule has 2 atom stereocenters. The van der Waals surface area contributed by atoms with Gasteiger partial charge in [-0.15, -0.1) is 0 Å². The number of carbonyl (C=O) groups excluding carboxylic acids is 1. The first-order chi connectivity index (χ1) is 7.34. The van der Waals surface area contributed by atoms with E-state index in [-0.39, 0.29) is 5.97 Å². The van der Waals surface area contributed by atoms with Crippen molar-refractivity contribution in [2.75, 3.05) is 26.7 Å². The molecule has 4 heteroatoms. The van der Waals surface area contributed by atoms with Gasteiger partial charge in [0.15, 0.2) is 0 Å². The quantitative estimate of drug-likeness (QED) is 0.728. The third-order valence-electron chi connectivity index (χ3n) is 3.46. The van der Waals surface area contributed by atoms with Gasteiger partial charge in [0, 0.05) is 13.1 Å². The van der Waals surface area contributed by atoms with Crippen LogP contribution in [0.15, 0.2) is 0 Å². The van der Waals surface area contributed by atoms with E-state index in [9.17, 15) is 4.79 Å². The molecule has 0 spiro atoms. The van der Waals surface area contributed by atoms with Gasteiger partial charge in [0.05, 0.1) is 7.11 Å². The van der Waals surface area contributed by atoms with E-state index in [1.165, 1.54) is 13.5 Å². The Morgan fingerprint density at radius 2 is 2.19 bits per heavy atom. The maximum Gasteiger partial charge on any atom is 0.323 e. The lowest BCUT2D eigenvalue weighted by atomic mass is 9.80. The molecule has 0 aromatic carbocycles. The van der Waals surface area contributed by atoms with E-state index >= 15 is 0 Å². The maximum absolute atomic E-state index is 11.2. The zero-order valence-electron chi connectivity index (χ0n) is 10.8. The molecule has 1 aliphatic rings. The van der Waals surface area contributed by atoms with Gasteiger partial charge >= 0.3 is 5.97 Å². The van der Waals surface area contributed by atoms with Gasteiger partial charge in [-0.3, -0.25) is 4.79 Å². The molecule has 0 saturated carbocycles. The summed E-state index contributed by atoms with van der Waals surface area (Å²) in [5.74, 6) is 0.372. The lowest BCUT2D eigenvalue weighted by Gasteiger charge is -2.27. The summed E-state index contributed by atoms with van der Waals surface area (Å²) < 4.78 is 4.63. The molecule has 94 valence electrons. The zero-order chi connectivity index (χ0) is 12.3. The van der Waals surface area contributed by atoms with E-state index in [0.717, 1.165) is 13.1 Å². The summed E-state index contributed by atoms with van der Waals surface area (Å²) in [6, 6.07) is -0.510. The predicted molar refractivity (Wildman–Crippen MR) is 64.0 cm³/mol. The number of nitrogens with two attached hydrogens (primary N) is 1. The average molecular weight is 228 g/mol. The topological polar surface area (TPSA) is 55.6 Å². The van der Waals surface area contributed by atoms with Crippen LogP contribution in [0.3, 0.4) is 0 Å². The lowest BCUT2D eigenvalue weighted by Crippen LogP contribution is -2.42. The first kappa shape index (κ1) is 13.5. The van der Waals surface area contributed by atoms with Crippen molar-refractivity contribution in [2.45, 2.75) is 33.2 Å². The van der Waals surface area contributed by atoms with Gasteiger partial charge in [0.25, 0.3) is 0 Å². The second kappa shape index (κ2) is 5.15. The van der Waals surface area contributed by atoms with Crippen LogP contribution in [0.2, 0.25) is 0 Å². The van der Waals surface area contributed by atoms with E-state index in [1.54, 1.807) is 0 Å². The molecule has 1 fully saturated rings. The van der Waals surface area contributed by atoms with E-state index in [1.807, 2.05) is 0 Å². The minimum atomic E-state index is -0.510. The van der Waals surface area contributed by atoms with Crippen LogP contribution in [0.1, 0.15) is 27.2 Å². The van der Waals surface area contributed by atoms with Crippen LogP contribution in [0.5, 0.6) is 0 Å². The van der Waals surface area contributed by atoms with Crippen molar-refractivity contribution in [3.8, 4) is 0 Å². The van der Waals surface area contributed by atoms with E-state index in [0.29, 0.717) is 17.9 Å². The summed E-state index contributed by atoms with van der Waals surface area (Å²) >= 11 is 0. The highest BCUT2D eigenvalue weighted by atomic mass is 16.5. The van der Waals surface area contributed by atoms with E-state index in [4.69, 9.17) is 5.73 Å². The molecule has 2 unspecified atom stereocenters. The predicted octanol–water partition coefficient (Wildman–Crippen LogP) is 0.855. The van der Waals surface area contributed by atoms with E-state index in [2.05, 4.69) is 30.4 Å². The summed E-state index contributed by atoms with van der Waals surface area (Å²) in [4.78, 5) is 13.5. The Balaban J connectivity index is 2.40. The summed E-state index contributed by atoms with van der Waals surface area (Å²) in [5, 5.41) is 0. The fourth-order valence-corrected chi connectivity index (χ4v) is 2.21. The SMILES string of the molecule is COC(=O)C(N)CN1CCC(C(C)(C)C)C1.